The van der Waals surface area contributed by atoms with Crippen LogP contribution in [0, 0.1) is 6.92 Å². The summed E-state index contributed by atoms with van der Waals surface area (Å²) in [4.78, 5) is 22.1. The zero-order valence-electron chi connectivity index (χ0n) is 10.2. The maximum atomic E-state index is 11.8. The van der Waals surface area contributed by atoms with Gasteiger partial charge in [0.05, 0.1) is 0 Å². The highest BCUT2D eigenvalue weighted by Gasteiger charge is 2.06. The summed E-state index contributed by atoms with van der Waals surface area (Å²) in [6.07, 6.45) is 1.34. The number of aliphatic carboxylic acids is 1. The molecule has 1 aromatic rings. The monoisotopic (exact) mass is 269 g/mol. The Balaban J connectivity index is 2.38. The lowest BCUT2D eigenvalue weighted by atomic mass is 10.1. The highest BCUT2D eigenvalue weighted by atomic mass is 35.5. The van der Waals surface area contributed by atoms with Crippen LogP contribution >= 0.6 is 11.6 Å². The van der Waals surface area contributed by atoms with E-state index in [1.807, 2.05) is 6.92 Å². The second-order valence-corrected chi connectivity index (χ2v) is 4.56. The first-order chi connectivity index (χ1) is 8.49. The van der Waals surface area contributed by atoms with Crippen LogP contribution in [0.25, 0.3) is 0 Å². The summed E-state index contributed by atoms with van der Waals surface area (Å²) in [5, 5.41) is 11.7. The minimum Gasteiger partial charge on any atom is -0.481 e. The predicted molar refractivity (Wildman–Crippen MR) is 70.0 cm³/mol. The van der Waals surface area contributed by atoms with Gasteiger partial charge in [-0.1, -0.05) is 11.6 Å². The van der Waals surface area contributed by atoms with Crippen molar-refractivity contribution in [1.82, 2.24) is 5.32 Å². The Hall–Kier alpha value is -1.55. The van der Waals surface area contributed by atoms with Crippen LogP contribution in [0.15, 0.2) is 18.2 Å². The number of unbranched alkanes of at least 4 members (excludes halogenated alkanes) is 1. The fourth-order valence-corrected chi connectivity index (χ4v) is 1.86. The van der Waals surface area contributed by atoms with E-state index in [0.29, 0.717) is 30.0 Å². The smallest absolute Gasteiger partial charge is 0.303 e. The normalized spacial score (nSPS) is 10.1. The number of hydrogen-bond donors (Lipinski definition) is 2. The van der Waals surface area contributed by atoms with E-state index in [-0.39, 0.29) is 12.3 Å². The molecule has 0 aliphatic rings. The number of aryl methyl sites for hydroxylation is 1. The van der Waals surface area contributed by atoms with Crippen molar-refractivity contribution in [3.8, 4) is 0 Å². The van der Waals surface area contributed by atoms with Gasteiger partial charge in [0.2, 0.25) is 0 Å². The van der Waals surface area contributed by atoms with Gasteiger partial charge in [0.15, 0.2) is 0 Å². The molecule has 0 aromatic heterocycles. The summed E-state index contributed by atoms with van der Waals surface area (Å²) in [6.45, 7) is 2.34. The van der Waals surface area contributed by atoms with Gasteiger partial charge in [-0.05, 0) is 43.5 Å². The number of hydrogen-bond acceptors (Lipinski definition) is 2. The van der Waals surface area contributed by atoms with Crippen molar-refractivity contribution >= 4 is 23.5 Å². The van der Waals surface area contributed by atoms with Crippen molar-refractivity contribution in [2.45, 2.75) is 26.2 Å². The molecule has 1 aromatic carbocycles. The SMILES string of the molecule is Cc1cc(Cl)cc(C(=O)NCCCCC(=O)O)c1. The topological polar surface area (TPSA) is 66.4 Å². The van der Waals surface area contributed by atoms with Crippen molar-refractivity contribution in [2.24, 2.45) is 0 Å². The van der Waals surface area contributed by atoms with E-state index in [4.69, 9.17) is 16.7 Å². The molecule has 1 rings (SSSR count). The van der Waals surface area contributed by atoms with E-state index in [1.54, 1.807) is 18.2 Å². The number of halogens is 1. The van der Waals surface area contributed by atoms with Crippen molar-refractivity contribution < 1.29 is 14.7 Å². The van der Waals surface area contributed by atoms with Crippen molar-refractivity contribution in [1.29, 1.82) is 0 Å². The van der Waals surface area contributed by atoms with Crippen LogP contribution in [0.5, 0.6) is 0 Å². The van der Waals surface area contributed by atoms with Crippen LogP contribution in [-0.4, -0.2) is 23.5 Å². The molecule has 0 bridgehead atoms. The average Bonchev–Trinajstić information content (AvgIpc) is 2.26. The van der Waals surface area contributed by atoms with Gasteiger partial charge in [-0.25, -0.2) is 0 Å². The van der Waals surface area contributed by atoms with Gasteiger partial charge in [0.1, 0.15) is 0 Å². The lowest BCUT2D eigenvalue weighted by Crippen LogP contribution is -2.24. The van der Waals surface area contributed by atoms with Crippen LogP contribution in [0.1, 0.15) is 35.2 Å². The second kappa shape index (κ2) is 7.01. The summed E-state index contributed by atoms with van der Waals surface area (Å²) in [5.41, 5.74) is 1.46. The molecule has 0 heterocycles. The molecule has 5 heteroatoms. The fraction of sp³-hybridized carbons (Fsp3) is 0.385. The first-order valence-corrected chi connectivity index (χ1v) is 6.14. The van der Waals surface area contributed by atoms with E-state index < -0.39 is 5.97 Å². The number of rotatable bonds is 6. The second-order valence-electron chi connectivity index (χ2n) is 4.12. The van der Waals surface area contributed by atoms with Gasteiger partial charge >= 0.3 is 5.97 Å². The molecule has 0 spiro atoms. The zero-order chi connectivity index (χ0) is 13.5. The molecule has 0 aliphatic heterocycles. The molecule has 0 unspecified atom stereocenters. The number of carbonyl (C=O) groups excluding carboxylic acids is 1. The average molecular weight is 270 g/mol. The Morgan fingerprint density at radius 2 is 2.00 bits per heavy atom. The molecule has 0 atom stereocenters. The van der Waals surface area contributed by atoms with E-state index in [0.717, 1.165) is 5.56 Å². The van der Waals surface area contributed by atoms with Gasteiger partial charge in [-0.2, -0.15) is 0 Å². The molecule has 0 aliphatic carbocycles. The maximum Gasteiger partial charge on any atom is 0.303 e. The van der Waals surface area contributed by atoms with Gasteiger partial charge in [0, 0.05) is 23.6 Å². The molecular weight excluding hydrogens is 254 g/mol. The first kappa shape index (κ1) is 14.5. The number of carboxylic acids is 1. The third-order valence-electron chi connectivity index (χ3n) is 2.41. The number of benzene rings is 1. The fourth-order valence-electron chi connectivity index (χ4n) is 1.57. The Labute approximate surface area is 111 Å². The first-order valence-electron chi connectivity index (χ1n) is 5.76. The van der Waals surface area contributed by atoms with Gasteiger partial charge in [-0.15, -0.1) is 0 Å². The minimum absolute atomic E-state index is 0.131. The van der Waals surface area contributed by atoms with Crippen molar-refractivity contribution in [3.05, 3.63) is 34.3 Å². The molecule has 0 radical (unpaired) electrons. The Morgan fingerprint density at radius 1 is 1.28 bits per heavy atom. The third-order valence-corrected chi connectivity index (χ3v) is 2.63. The van der Waals surface area contributed by atoms with Crippen molar-refractivity contribution in [3.63, 3.8) is 0 Å². The summed E-state index contributed by atoms with van der Waals surface area (Å²) in [7, 11) is 0. The van der Waals surface area contributed by atoms with Crippen LogP contribution in [0.4, 0.5) is 0 Å². The number of nitrogens with one attached hydrogen (secondary N) is 1. The molecule has 4 nitrogen and oxygen atoms in total. The van der Waals surface area contributed by atoms with Gasteiger partial charge in [-0.3, -0.25) is 9.59 Å². The van der Waals surface area contributed by atoms with E-state index in [2.05, 4.69) is 5.32 Å². The summed E-state index contributed by atoms with van der Waals surface area (Å²) in [5.74, 6) is -0.997. The summed E-state index contributed by atoms with van der Waals surface area (Å²) < 4.78 is 0. The van der Waals surface area contributed by atoms with Crippen molar-refractivity contribution in [2.75, 3.05) is 6.54 Å². The maximum absolute atomic E-state index is 11.8. The number of amides is 1. The Morgan fingerprint density at radius 3 is 2.61 bits per heavy atom. The van der Waals surface area contributed by atoms with Gasteiger partial charge < -0.3 is 10.4 Å². The quantitative estimate of drug-likeness (QED) is 0.780. The summed E-state index contributed by atoms with van der Waals surface area (Å²) >= 11 is 5.87. The van der Waals surface area contributed by atoms with Crippen LogP contribution in [0.2, 0.25) is 5.02 Å². The molecule has 0 saturated heterocycles. The van der Waals surface area contributed by atoms with E-state index in [1.165, 1.54) is 0 Å². The van der Waals surface area contributed by atoms with E-state index in [9.17, 15) is 9.59 Å². The van der Waals surface area contributed by atoms with Crippen LogP contribution in [-0.2, 0) is 4.79 Å². The molecule has 2 N–H and O–H groups in total. The van der Waals surface area contributed by atoms with Gasteiger partial charge in [0.25, 0.3) is 5.91 Å². The molecule has 18 heavy (non-hydrogen) atoms. The van der Waals surface area contributed by atoms with Crippen LogP contribution < -0.4 is 5.32 Å². The lowest BCUT2D eigenvalue weighted by Gasteiger charge is -2.06. The molecular formula is C13H16ClNO3. The molecule has 0 saturated carbocycles. The largest absolute Gasteiger partial charge is 0.481 e. The molecule has 0 fully saturated rings. The highest BCUT2D eigenvalue weighted by molar-refractivity contribution is 6.31. The highest BCUT2D eigenvalue weighted by Crippen LogP contribution is 2.14. The number of carbonyl (C=O) groups is 2. The zero-order valence-corrected chi connectivity index (χ0v) is 11.0. The Kier molecular flexibility index (Phi) is 5.65. The molecule has 1 amide bonds. The number of carboxylic acid groups (broad SMARTS) is 1. The minimum atomic E-state index is -0.813. The Bertz CT molecular complexity index is 426. The standard InChI is InChI=1S/C13H16ClNO3/c1-9-6-10(8-11(14)7-9)13(18)15-5-3-2-4-12(16)17/h6-8H,2-5H2,1H3,(H,15,18)(H,16,17). The molecule has 98 valence electrons. The van der Waals surface area contributed by atoms with Crippen LogP contribution in [0.3, 0.4) is 0 Å². The van der Waals surface area contributed by atoms with E-state index >= 15 is 0 Å². The third kappa shape index (κ3) is 5.19. The predicted octanol–water partition coefficient (Wildman–Crippen LogP) is 2.63. The lowest BCUT2D eigenvalue weighted by molar-refractivity contribution is -0.137. The summed E-state index contributed by atoms with van der Waals surface area (Å²) in [6, 6.07) is 5.16.